The van der Waals surface area contributed by atoms with Crippen LogP contribution in [0.1, 0.15) is 23.7 Å². The number of para-hydroxylation sites is 1. The van der Waals surface area contributed by atoms with Crippen LogP contribution in [0.2, 0.25) is 0 Å². The van der Waals surface area contributed by atoms with E-state index in [4.69, 9.17) is 0 Å². The molecule has 0 bridgehead atoms. The lowest BCUT2D eigenvalue weighted by molar-refractivity contribution is -0.384. The van der Waals surface area contributed by atoms with E-state index in [1.807, 2.05) is 12.1 Å². The predicted molar refractivity (Wildman–Crippen MR) is 137 cm³/mol. The Labute approximate surface area is 210 Å². The molecule has 11 heteroatoms. The lowest BCUT2D eigenvalue weighted by atomic mass is 10.2. The van der Waals surface area contributed by atoms with Gasteiger partial charge in [0.1, 0.15) is 5.84 Å². The molecule has 0 saturated heterocycles. The summed E-state index contributed by atoms with van der Waals surface area (Å²) < 4.78 is 0. The van der Waals surface area contributed by atoms with Gasteiger partial charge in [-0.15, -0.1) is 11.8 Å². The van der Waals surface area contributed by atoms with Crippen molar-refractivity contribution >= 4 is 52.4 Å². The second-order valence-corrected chi connectivity index (χ2v) is 9.21. The van der Waals surface area contributed by atoms with Crippen LogP contribution in [0.3, 0.4) is 0 Å². The highest BCUT2D eigenvalue weighted by molar-refractivity contribution is 8.00. The van der Waals surface area contributed by atoms with Crippen molar-refractivity contribution in [1.29, 1.82) is 0 Å². The van der Waals surface area contributed by atoms with E-state index in [0.29, 0.717) is 11.4 Å². The molecule has 0 aliphatic carbocycles. The van der Waals surface area contributed by atoms with Crippen LogP contribution in [0.4, 0.5) is 17.1 Å². The summed E-state index contributed by atoms with van der Waals surface area (Å²) in [6.45, 7) is 1.73. The summed E-state index contributed by atoms with van der Waals surface area (Å²) in [7, 11) is 0. The van der Waals surface area contributed by atoms with Crippen LogP contribution in [0.5, 0.6) is 0 Å². The number of amidine groups is 1. The standard InChI is InChI=1S/C25H21N5O5S/c1-16(24(32)27-22-15-23(31)29(28-22)19-7-3-2-4-8-19)36-21-9-5-6-18(14-21)26-25(33)17-10-12-20(13-11-17)30(34)35/h2-14,16H,15H2,1H3,(H,26,33)(H,27,28,32). The number of nitrogens with one attached hydrogen (secondary N) is 2. The highest BCUT2D eigenvalue weighted by Gasteiger charge is 2.27. The number of rotatable bonds is 7. The maximum atomic E-state index is 12.7. The first-order valence-corrected chi connectivity index (χ1v) is 11.8. The van der Waals surface area contributed by atoms with Crippen LogP contribution < -0.4 is 15.6 Å². The van der Waals surface area contributed by atoms with Gasteiger partial charge in [0, 0.05) is 28.3 Å². The van der Waals surface area contributed by atoms with Gasteiger partial charge in [0.25, 0.3) is 17.5 Å². The Hall–Kier alpha value is -4.51. The fraction of sp³-hybridized carbons (Fsp3) is 0.120. The van der Waals surface area contributed by atoms with Gasteiger partial charge < -0.3 is 10.6 Å². The van der Waals surface area contributed by atoms with Crippen LogP contribution in [-0.2, 0) is 9.59 Å². The Morgan fingerprint density at radius 3 is 2.44 bits per heavy atom. The number of amides is 3. The van der Waals surface area contributed by atoms with Crippen LogP contribution >= 0.6 is 11.8 Å². The van der Waals surface area contributed by atoms with Crippen LogP contribution in [0, 0.1) is 10.1 Å². The van der Waals surface area contributed by atoms with E-state index in [2.05, 4.69) is 15.7 Å². The minimum absolute atomic E-state index is 0.00216. The number of hydrogen-bond donors (Lipinski definition) is 2. The van der Waals surface area contributed by atoms with E-state index >= 15 is 0 Å². The van der Waals surface area contributed by atoms with E-state index in [9.17, 15) is 24.5 Å². The zero-order valence-corrected chi connectivity index (χ0v) is 19.9. The molecule has 2 N–H and O–H groups in total. The number of thioether (sulfide) groups is 1. The molecule has 1 aliphatic rings. The number of nitro groups is 1. The van der Waals surface area contributed by atoms with E-state index in [0.717, 1.165) is 4.90 Å². The smallest absolute Gasteiger partial charge is 0.269 e. The van der Waals surface area contributed by atoms with Gasteiger partial charge in [-0.3, -0.25) is 24.5 Å². The van der Waals surface area contributed by atoms with E-state index < -0.39 is 16.1 Å². The van der Waals surface area contributed by atoms with Crippen LogP contribution in [0.25, 0.3) is 0 Å². The maximum Gasteiger partial charge on any atom is 0.269 e. The molecule has 1 heterocycles. The van der Waals surface area contributed by atoms with Crippen molar-refractivity contribution < 1.29 is 19.3 Å². The number of hydrazone groups is 1. The minimum atomic E-state index is -0.532. The summed E-state index contributed by atoms with van der Waals surface area (Å²) in [4.78, 5) is 48.5. The number of carbonyl (C=O) groups excluding carboxylic acids is 3. The van der Waals surface area contributed by atoms with Gasteiger partial charge in [0.2, 0.25) is 5.91 Å². The SMILES string of the molecule is CC(Sc1cccc(NC(=O)c2ccc([N+](=O)[O-])cc2)c1)C(=O)NC1=NN(c2ccccc2)C(=O)C1. The summed E-state index contributed by atoms with van der Waals surface area (Å²) in [5.74, 6) is -0.662. The summed E-state index contributed by atoms with van der Waals surface area (Å²) >= 11 is 1.28. The Kier molecular flexibility index (Phi) is 7.40. The summed E-state index contributed by atoms with van der Waals surface area (Å²) in [6.07, 6.45) is 0.00216. The molecule has 1 aliphatic heterocycles. The lowest BCUT2D eigenvalue weighted by Crippen LogP contribution is -2.35. The monoisotopic (exact) mass is 503 g/mol. The van der Waals surface area contributed by atoms with E-state index in [1.54, 1.807) is 49.4 Å². The minimum Gasteiger partial charge on any atom is -0.322 e. The van der Waals surface area contributed by atoms with Crippen molar-refractivity contribution in [3.8, 4) is 0 Å². The topological polar surface area (TPSA) is 134 Å². The Morgan fingerprint density at radius 2 is 1.75 bits per heavy atom. The highest BCUT2D eigenvalue weighted by atomic mass is 32.2. The molecular weight excluding hydrogens is 482 g/mol. The fourth-order valence-corrected chi connectivity index (χ4v) is 4.28. The highest BCUT2D eigenvalue weighted by Crippen LogP contribution is 2.27. The second kappa shape index (κ2) is 10.8. The van der Waals surface area contributed by atoms with Crippen molar-refractivity contribution in [2.45, 2.75) is 23.5 Å². The first kappa shape index (κ1) is 24.6. The summed E-state index contributed by atoms with van der Waals surface area (Å²) in [6, 6.07) is 21.3. The molecule has 4 rings (SSSR count). The van der Waals surface area contributed by atoms with Crippen molar-refractivity contribution in [1.82, 2.24) is 5.32 Å². The average molecular weight is 504 g/mol. The molecule has 36 heavy (non-hydrogen) atoms. The molecule has 3 aromatic rings. The molecule has 1 unspecified atom stereocenters. The van der Waals surface area contributed by atoms with Gasteiger partial charge in [-0.05, 0) is 49.4 Å². The van der Waals surface area contributed by atoms with E-state index in [1.165, 1.54) is 41.0 Å². The summed E-state index contributed by atoms with van der Waals surface area (Å²) in [5.41, 5.74) is 1.32. The maximum absolute atomic E-state index is 12.7. The van der Waals surface area contributed by atoms with Gasteiger partial charge in [-0.1, -0.05) is 24.3 Å². The molecule has 3 aromatic carbocycles. The molecule has 10 nitrogen and oxygen atoms in total. The van der Waals surface area contributed by atoms with Gasteiger partial charge in [0.15, 0.2) is 0 Å². The largest absolute Gasteiger partial charge is 0.322 e. The van der Waals surface area contributed by atoms with Crippen molar-refractivity contribution in [2.24, 2.45) is 5.10 Å². The molecule has 3 amide bonds. The average Bonchev–Trinajstić information content (AvgIpc) is 3.24. The first-order chi connectivity index (χ1) is 17.3. The first-order valence-electron chi connectivity index (χ1n) is 10.9. The van der Waals surface area contributed by atoms with Crippen LogP contribution in [-0.4, -0.2) is 33.7 Å². The number of benzene rings is 3. The quantitative estimate of drug-likeness (QED) is 0.282. The van der Waals surface area contributed by atoms with Gasteiger partial charge in [0.05, 0.1) is 22.3 Å². The zero-order chi connectivity index (χ0) is 25.7. The molecule has 1 atom stereocenters. The Morgan fingerprint density at radius 1 is 1.03 bits per heavy atom. The third-order valence-corrected chi connectivity index (χ3v) is 6.25. The van der Waals surface area contributed by atoms with E-state index in [-0.39, 0.29) is 35.3 Å². The molecular formula is C25H21N5O5S. The molecule has 0 radical (unpaired) electrons. The molecule has 0 aromatic heterocycles. The molecule has 0 fully saturated rings. The predicted octanol–water partition coefficient (Wildman–Crippen LogP) is 4.19. The van der Waals surface area contributed by atoms with Crippen molar-refractivity contribution in [3.05, 3.63) is 94.5 Å². The molecule has 0 saturated carbocycles. The van der Waals surface area contributed by atoms with Crippen molar-refractivity contribution in [3.63, 3.8) is 0 Å². The second-order valence-electron chi connectivity index (χ2n) is 7.80. The number of nitrogens with zero attached hydrogens (tertiary/aromatic N) is 3. The van der Waals surface area contributed by atoms with Gasteiger partial charge in [-0.25, -0.2) is 0 Å². The van der Waals surface area contributed by atoms with Crippen LogP contribution in [0.15, 0.2) is 88.9 Å². The lowest BCUT2D eigenvalue weighted by Gasteiger charge is -2.13. The summed E-state index contributed by atoms with van der Waals surface area (Å²) in [5, 5.41) is 21.2. The van der Waals surface area contributed by atoms with Gasteiger partial charge >= 0.3 is 0 Å². The Bertz CT molecular complexity index is 1340. The molecule has 0 spiro atoms. The zero-order valence-electron chi connectivity index (χ0n) is 19.1. The Balaban J connectivity index is 1.35. The van der Waals surface area contributed by atoms with Gasteiger partial charge in [-0.2, -0.15) is 10.1 Å². The number of hydrogen-bond acceptors (Lipinski definition) is 7. The molecule has 182 valence electrons. The normalized spacial score (nSPS) is 13.6. The third kappa shape index (κ3) is 5.94. The number of nitro benzene ring substituents is 1. The number of carbonyl (C=O) groups is 3. The fourth-order valence-electron chi connectivity index (χ4n) is 3.36. The van der Waals surface area contributed by atoms with Crippen molar-refractivity contribution in [2.75, 3.05) is 10.3 Å². The number of anilines is 2. The third-order valence-electron chi connectivity index (χ3n) is 5.16. The number of non-ortho nitro benzene ring substituents is 1.